The minimum Gasteiger partial charge on any atom is -0.130 e. The third-order valence-electron chi connectivity index (χ3n) is 1.49. The standard InChI is InChI=1S/C8H16B/c1-4-6-8(3)7-9-5-2/h5,8H,2,4,6-7H2,1,3H3. The summed E-state index contributed by atoms with van der Waals surface area (Å²) >= 11 is 0. The second-order valence-corrected chi connectivity index (χ2v) is 2.60. The van der Waals surface area contributed by atoms with Crippen LogP contribution in [0.3, 0.4) is 0 Å². The van der Waals surface area contributed by atoms with Crippen molar-refractivity contribution < 1.29 is 0 Å². The average Bonchev–Trinajstić information content (AvgIpc) is 1.85. The molecular formula is C8H16B. The molecule has 0 aromatic carbocycles. The van der Waals surface area contributed by atoms with Gasteiger partial charge in [0.15, 0.2) is 0 Å². The summed E-state index contributed by atoms with van der Waals surface area (Å²) in [4.78, 5) is 0. The first-order valence-corrected chi connectivity index (χ1v) is 3.75. The molecule has 0 spiro atoms. The third-order valence-corrected chi connectivity index (χ3v) is 1.49. The Morgan fingerprint density at radius 1 is 1.67 bits per heavy atom. The van der Waals surface area contributed by atoms with Gasteiger partial charge in [-0.2, -0.15) is 0 Å². The van der Waals surface area contributed by atoms with Crippen molar-refractivity contribution in [2.24, 2.45) is 5.92 Å². The largest absolute Gasteiger partial charge is 0.140 e. The van der Waals surface area contributed by atoms with Gasteiger partial charge in [-0.3, -0.25) is 0 Å². The summed E-state index contributed by atoms with van der Waals surface area (Å²) < 4.78 is 0. The van der Waals surface area contributed by atoms with E-state index in [1.54, 1.807) is 0 Å². The van der Waals surface area contributed by atoms with Gasteiger partial charge in [-0.05, 0) is 0 Å². The lowest BCUT2D eigenvalue weighted by Crippen LogP contribution is -1.96. The summed E-state index contributed by atoms with van der Waals surface area (Å²) in [5.74, 6) is 2.72. The van der Waals surface area contributed by atoms with Crippen LogP contribution < -0.4 is 0 Å². The molecule has 0 heterocycles. The molecule has 0 saturated heterocycles. The molecule has 1 heteroatoms. The zero-order valence-electron chi connectivity index (χ0n) is 6.56. The fourth-order valence-corrected chi connectivity index (χ4v) is 0.939. The summed E-state index contributed by atoms with van der Waals surface area (Å²) in [7, 11) is 2.14. The highest BCUT2D eigenvalue weighted by atomic mass is 14.0. The van der Waals surface area contributed by atoms with Crippen LogP contribution in [0.1, 0.15) is 26.7 Å². The van der Waals surface area contributed by atoms with Crippen molar-refractivity contribution >= 4 is 7.28 Å². The number of hydrogen-bond donors (Lipinski definition) is 0. The van der Waals surface area contributed by atoms with Crippen LogP contribution in [0.2, 0.25) is 6.32 Å². The molecule has 0 aromatic rings. The lowest BCUT2D eigenvalue weighted by atomic mass is 9.70. The van der Waals surface area contributed by atoms with Crippen molar-refractivity contribution in [3.63, 3.8) is 0 Å². The molecule has 0 aliphatic heterocycles. The van der Waals surface area contributed by atoms with Crippen LogP contribution in [0.4, 0.5) is 0 Å². The summed E-state index contributed by atoms with van der Waals surface area (Å²) in [6.07, 6.45) is 3.83. The molecule has 0 N–H and O–H groups in total. The molecule has 0 nitrogen and oxygen atoms in total. The Labute approximate surface area is 59.6 Å². The Bertz CT molecular complexity index is 69.0. The third kappa shape index (κ3) is 5.68. The van der Waals surface area contributed by atoms with Crippen molar-refractivity contribution in [2.45, 2.75) is 33.0 Å². The molecule has 0 aromatic heterocycles. The van der Waals surface area contributed by atoms with Crippen molar-refractivity contribution in [3.05, 3.63) is 12.6 Å². The Kier molecular flexibility index (Phi) is 5.80. The summed E-state index contributed by atoms with van der Waals surface area (Å²) in [6, 6.07) is 0. The highest BCUT2D eigenvalue weighted by Gasteiger charge is 1.97. The lowest BCUT2D eigenvalue weighted by molar-refractivity contribution is 0.574. The van der Waals surface area contributed by atoms with Gasteiger partial charge in [-0.25, -0.2) is 0 Å². The van der Waals surface area contributed by atoms with Crippen LogP contribution >= 0.6 is 0 Å². The maximum absolute atomic E-state index is 3.64. The zero-order valence-corrected chi connectivity index (χ0v) is 6.56. The predicted molar refractivity (Wildman–Crippen MR) is 44.8 cm³/mol. The first-order chi connectivity index (χ1) is 4.31. The lowest BCUT2D eigenvalue weighted by Gasteiger charge is -2.05. The quantitative estimate of drug-likeness (QED) is 0.493. The van der Waals surface area contributed by atoms with E-state index in [2.05, 4.69) is 27.7 Å². The van der Waals surface area contributed by atoms with Gasteiger partial charge >= 0.3 is 0 Å². The van der Waals surface area contributed by atoms with Gasteiger partial charge < -0.3 is 0 Å². The van der Waals surface area contributed by atoms with Crippen molar-refractivity contribution in [2.75, 3.05) is 0 Å². The van der Waals surface area contributed by atoms with Gasteiger partial charge in [0.25, 0.3) is 0 Å². The fraction of sp³-hybridized carbons (Fsp3) is 0.750. The van der Waals surface area contributed by atoms with Crippen LogP contribution in [0.15, 0.2) is 12.6 Å². The van der Waals surface area contributed by atoms with Crippen LogP contribution in [0.25, 0.3) is 0 Å². The van der Waals surface area contributed by atoms with Crippen LogP contribution in [0.5, 0.6) is 0 Å². The Balaban J connectivity index is 3.04. The molecule has 0 aliphatic rings. The first kappa shape index (κ1) is 8.80. The van der Waals surface area contributed by atoms with E-state index in [1.165, 1.54) is 19.2 Å². The van der Waals surface area contributed by atoms with Gasteiger partial charge in [0.1, 0.15) is 7.28 Å². The van der Waals surface area contributed by atoms with Gasteiger partial charge in [-0.1, -0.05) is 38.9 Å². The molecule has 1 atom stereocenters. The molecule has 0 fully saturated rings. The molecular weight excluding hydrogens is 107 g/mol. The van der Waals surface area contributed by atoms with Crippen molar-refractivity contribution in [1.82, 2.24) is 0 Å². The van der Waals surface area contributed by atoms with E-state index in [0.29, 0.717) is 0 Å². The van der Waals surface area contributed by atoms with Gasteiger partial charge in [0.2, 0.25) is 0 Å². The Morgan fingerprint density at radius 3 is 2.78 bits per heavy atom. The molecule has 0 saturated carbocycles. The molecule has 1 radical (unpaired) electrons. The highest BCUT2D eigenvalue weighted by molar-refractivity contribution is 6.41. The zero-order chi connectivity index (χ0) is 7.11. The molecule has 0 aliphatic carbocycles. The molecule has 9 heavy (non-hydrogen) atoms. The maximum Gasteiger partial charge on any atom is 0.140 e. The predicted octanol–water partition coefficient (Wildman–Crippen LogP) is 2.69. The van der Waals surface area contributed by atoms with Crippen molar-refractivity contribution in [1.29, 1.82) is 0 Å². The first-order valence-electron chi connectivity index (χ1n) is 3.75. The monoisotopic (exact) mass is 123 g/mol. The summed E-state index contributed by atoms with van der Waals surface area (Å²) in [5.41, 5.74) is 0. The van der Waals surface area contributed by atoms with Crippen LogP contribution in [0, 0.1) is 5.92 Å². The van der Waals surface area contributed by atoms with Gasteiger partial charge in [-0.15, -0.1) is 12.6 Å². The second kappa shape index (κ2) is 5.93. The molecule has 0 bridgehead atoms. The molecule has 1 unspecified atom stereocenters. The Hall–Kier alpha value is -0.195. The van der Waals surface area contributed by atoms with E-state index in [9.17, 15) is 0 Å². The van der Waals surface area contributed by atoms with E-state index >= 15 is 0 Å². The topological polar surface area (TPSA) is 0 Å². The van der Waals surface area contributed by atoms with Gasteiger partial charge in [0, 0.05) is 0 Å². The second-order valence-electron chi connectivity index (χ2n) is 2.60. The number of hydrogen-bond acceptors (Lipinski definition) is 0. The van der Waals surface area contributed by atoms with Crippen LogP contribution in [-0.4, -0.2) is 7.28 Å². The van der Waals surface area contributed by atoms with E-state index in [-0.39, 0.29) is 0 Å². The highest BCUT2D eigenvalue weighted by Crippen LogP contribution is 2.08. The van der Waals surface area contributed by atoms with E-state index in [0.717, 1.165) is 5.92 Å². The summed E-state index contributed by atoms with van der Waals surface area (Å²) in [6.45, 7) is 8.15. The SMILES string of the molecule is C=C[B]CC(C)CCC. The minimum atomic E-state index is 0.841. The van der Waals surface area contributed by atoms with E-state index < -0.39 is 0 Å². The molecule has 0 rings (SSSR count). The van der Waals surface area contributed by atoms with E-state index in [1.807, 2.05) is 5.98 Å². The van der Waals surface area contributed by atoms with Gasteiger partial charge in [0.05, 0.1) is 0 Å². The molecule has 51 valence electrons. The van der Waals surface area contributed by atoms with Crippen LogP contribution in [-0.2, 0) is 0 Å². The molecule has 0 amide bonds. The minimum absolute atomic E-state index is 0.841. The smallest absolute Gasteiger partial charge is 0.130 e. The normalized spacial score (nSPS) is 12.7. The maximum atomic E-state index is 3.64. The summed E-state index contributed by atoms with van der Waals surface area (Å²) in [5, 5.41) is 0. The Morgan fingerprint density at radius 2 is 2.33 bits per heavy atom. The van der Waals surface area contributed by atoms with E-state index in [4.69, 9.17) is 0 Å². The van der Waals surface area contributed by atoms with Crippen molar-refractivity contribution in [3.8, 4) is 0 Å². The fourth-order valence-electron chi connectivity index (χ4n) is 0.939. The number of rotatable bonds is 5. The average molecular weight is 123 g/mol.